The van der Waals surface area contributed by atoms with Crippen LogP contribution < -0.4 is 10.2 Å². The molecule has 5 nitrogen and oxygen atoms in total. The van der Waals surface area contributed by atoms with Crippen LogP contribution in [0.3, 0.4) is 0 Å². The topological polar surface area (TPSA) is 76.4 Å². The van der Waals surface area contributed by atoms with Crippen LogP contribution in [0.25, 0.3) is 6.08 Å². The largest absolute Gasteiger partial charge is 0.391 e. The lowest BCUT2D eigenvalue weighted by molar-refractivity contribution is -0.117. The highest BCUT2D eigenvalue weighted by Crippen LogP contribution is 2.18. The van der Waals surface area contributed by atoms with E-state index in [0.717, 1.165) is 37.2 Å². The van der Waals surface area contributed by atoms with Crippen LogP contribution in [0.4, 0.5) is 5.69 Å². The van der Waals surface area contributed by atoms with Gasteiger partial charge in [0.2, 0.25) is 0 Å². The quantitative estimate of drug-likeness (QED) is 0.505. The SMILES string of the molecule is CCCN(CCC)c1ccc(/C=C(\C#N)C(=O)NCC(O)CC)cc1. The summed E-state index contributed by atoms with van der Waals surface area (Å²) in [7, 11) is 0. The molecular weight excluding hydrogens is 314 g/mol. The predicted octanol–water partition coefficient (Wildman–Crippen LogP) is 3.11. The molecule has 0 aromatic heterocycles. The summed E-state index contributed by atoms with van der Waals surface area (Å²) in [6.45, 7) is 8.32. The van der Waals surface area contributed by atoms with Crippen LogP contribution >= 0.6 is 0 Å². The zero-order valence-electron chi connectivity index (χ0n) is 15.5. The number of nitrogens with zero attached hydrogens (tertiary/aromatic N) is 2. The smallest absolute Gasteiger partial charge is 0.262 e. The molecule has 2 N–H and O–H groups in total. The van der Waals surface area contributed by atoms with E-state index in [1.54, 1.807) is 6.08 Å². The van der Waals surface area contributed by atoms with E-state index >= 15 is 0 Å². The maximum absolute atomic E-state index is 12.0. The van der Waals surface area contributed by atoms with Crippen LogP contribution in [0, 0.1) is 11.3 Å². The number of nitriles is 1. The number of hydrogen-bond acceptors (Lipinski definition) is 4. The number of aliphatic hydroxyl groups excluding tert-OH is 1. The number of nitrogens with one attached hydrogen (secondary N) is 1. The summed E-state index contributed by atoms with van der Waals surface area (Å²) in [5.74, 6) is -0.460. The molecule has 1 unspecified atom stereocenters. The first kappa shape index (κ1) is 20.7. The molecule has 0 aliphatic rings. The normalized spacial score (nSPS) is 12.4. The van der Waals surface area contributed by atoms with Gasteiger partial charge in [-0.1, -0.05) is 32.9 Å². The maximum atomic E-state index is 12.0. The van der Waals surface area contributed by atoms with E-state index in [1.807, 2.05) is 37.3 Å². The number of carbonyl (C=O) groups is 1. The number of rotatable bonds is 10. The molecule has 0 heterocycles. The molecule has 0 saturated carbocycles. The van der Waals surface area contributed by atoms with Crippen LogP contribution in [0.15, 0.2) is 29.8 Å². The average Bonchev–Trinajstić information content (AvgIpc) is 2.64. The van der Waals surface area contributed by atoms with Crippen molar-refractivity contribution in [2.45, 2.75) is 46.1 Å². The highest BCUT2D eigenvalue weighted by molar-refractivity contribution is 6.01. The van der Waals surface area contributed by atoms with E-state index in [9.17, 15) is 15.2 Å². The Labute approximate surface area is 151 Å². The molecule has 1 atom stereocenters. The zero-order valence-corrected chi connectivity index (χ0v) is 15.5. The summed E-state index contributed by atoms with van der Waals surface area (Å²) in [5.41, 5.74) is 1.99. The van der Waals surface area contributed by atoms with Crippen LogP contribution in [0.1, 0.15) is 45.6 Å². The molecule has 0 aliphatic heterocycles. The lowest BCUT2D eigenvalue weighted by Gasteiger charge is -2.23. The Bertz CT molecular complexity index is 596. The Morgan fingerprint density at radius 1 is 1.24 bits per heavy atom. The zero-order chi connectivity index (χ0) is 18.7. The molecule has 1 rings (SSSR count). The van der Waals surface area contributed by atoms with E-state index in [-0.39, 0.29) is 12.1 Å². The second-order valence-corrected chi connectivity index (χ2v) is 6.02. The third-order valence-corrected chi connectivity index (χ3v) is 3.89. The van der Waals surface area contributed by atoms with E-state index in [2.05, 4.69) is 24.1 Å². The second-order valence-electron chi connectivity index (χ2n) is 6.02. The van der Waals surface area contributed by atoms with Crippen molar-refractivity contribution in [3.63, 3.8) is 0 Å². The third kappa shape index (κ3) is 6.98. The van der Waals surface area contributed by atoms with Crippen LogP contribution in [-0.4, -0.2) is 36.8 Å². The fourth-order valence-electron chi connectivity index (χ4n) is 2.46. The Balaban J connectivity index is 2.83. The van der Waals surface area contributed by atoms with Gasteiger partial charge in [0.15, 0.2) is 0 Å². The van der Waals surface area contributed by atoms with Gasteiger partial charge in [-0.15, -0.1) is 0 Å². The first-order chi connectivity index (χ1) is 12.0. The van der Waals surface area contributed by atoms with Crippen molar-refractivity contribution in [1.82, 2.24) is 5.32 Å². The lowest BCUT2D eigenvalue weighted by atomic mass is 10.1. The van der Waals surface area contributed by atoms with Gasteiger partial charge in [-0.05, 0) is 43.0 Å². The van der Waals surface area contributed by atoms with Crippen molar-refractivity contribution in [3.05, 3.63) is 35.4 Å². The molecule has 0 spiro atoms. The average molecular weight is 343 g/mol. The Hall–Kier alpha value is -2.32. The molecule has 5 heteroatoms. The van der Waals surface area contributed by atoms with Crippen molar-refractivity contribution in [3.8, 4) is 6.07 Å². The van der Waals surface area contributed by atoms with Crippen molar-refractivity contribution in [2.24, 2.45) is 0 Å². The van der Waals surface area contributed by atoms with E-state index in [0.29, 0.717) is 6.42 Å². The minimum absolute atomic E-state index is 0.0371. The van der Waals surface area contributed by atoms with Gasteiger partial charge in [0, 0.05) is 25.3 Å². The van der Waals surface area contributed by atoms with Gasteiger partial charge >= 0.3 is 0 Å². The standard InChI is InChI=1S/C20H29N3O2/c1-4-11-23(12-5-2)18-9-7-16(8-10-18)13-17(14-21)20(25)22-15-19(24)6-3/h7-10,13,19,24H,4-6,11-12,15H2,1-3H3,(H,22,25)/b17-13+. The van der Waals surface area contributed by atoms with Gasteiger partial charge in [-0.2, -0.15) is 5.26 Å². The van der Waals surface area contributed by atoms with Gasteiger partial charge in [0.25, 0.3) is 5.91 Å². The summed E-state index contributed by atoms with van der Waals surface area (Å²) in [6.07, 6.45) is 3.71. The number of aliphatic hydroxyl groups is 1. The molecule has 0 bridgehead atoms. The Morgan fingerprint density at radius 3 is 2.32 bits per heavy atom. The monoisotopic (exact) mass is 343 g/mol. The molecule has 0 fully saturated rings. The van der Waals surface area contributed by atoms with Gasteiger partial charge in [-0.3, -0.25) is 4.79 Å². The van der Waals surface area contributed by atoms with Crippen LogP contribution in [0.2, 0.25) is 0 Å². The third-order valence-electron chi connectivity index (χ3n) is 3.89. The summed E-state index contributed by atoms with van der Waals surface area (Å²) < 4.78 is 0. The number of carbonyl (C=O) groups excluding carboxylic acids is 1. The first-order valence-electron chi connectivity index (χ1n) is 8.98. The van der Waals surface area contributed by atoms with Crippen molar-refractivity contribution >= 4 is 17.7 Å². The number of amides is 1. The molecule has 0 saturated heterocycles. The minimum atomic E-state index is -0.591. The molecule has 25 heavy (non-hydrogen) atoms. The number of hydrogen-bond donors (Lipinski definition) is 2. The van der Waals surface area contributed by atoms with Crippen molar-refractivity contribution < 1.29 is 9.90 Å². The summed E-state index contributed by atoms with van der Waals surface area (Å²) in [6, 6.07) is 9.80. The molecular formula is C20H29N3O2. The van der Waals surface area contributed by atoms with Gasteiger partial charge in [0.05, 0.1) is 6.10 Å². The maximum Gasteiger partial charge on any atom is 0.262 e. The Morgan fingerprint density at radius 2 is 1.84 bits per heavy atom. The van der Waals surface area contributed by atoms with E-state index < -0.39 is 12.0 Å². The summed E-state index contributed by atoms with van der Waals surface area (Å²) in [4.78, 5) is 14.4. The minimum Gasteiger partial charge on any atom is -0.391 e. The molecule has 136 valence electrons. The second kappa shape index (κ2) is 11.3. The van der Waals surface area contributed by atoms with E-state index in [4.69, 9.17) is 0 Å². The number of benzene rings is 1. The van der Waals surface area contributed by atoms with Gasteiger partial charge in [-0.25, -0.2) is 0 Å². The lowest BCUT2D eigenvalue weighted by Crippen LogP contribution is -2.32. The number of anilines is 1. The Kier molecular flexibility index (Phi) is 9.34. The van der Waals surface area contributed by atoms with Gasteiger partial charge < -0.3 is 15.3 Å². The van der Waals surface area contributed by atoms with Crippen molar-refractivity contribution in [1.29, 1.82) is 5.26 Å². The van der Waals surface area contributed by atoms with Crippen molar-refractivity contribution in [2.75, 3.05) is 24.5 Å². The molecule has 0 radical (unpaired) electrons. The molecule has 1 aromatic carbocycles. The highest BCUT2D eigenvalue weighted by Gasteiger charge is 2.11. The predicted molar refractivity (Wildman–Crippen MR) is 102 cm³/mol. The van der Waals surface area contributed by atoms with E-state index in [1.165, 1.54) is 0 Å². The van der Waals surface area contributed by atoms with Crippen LogP contribution in [0.5, 0.6) is 0 Å². The van der Waals surface area contributed by atoms with Crippen LogP contribution in [-0.2, 0) is 4.79 Å². The summed E-state index contributed by atoms with van der Waals surface area (Å²) in [5, 5.41) is 21.3. The fraction of sp³-hybridized carbons (Fsp3) is 0.500. The van der Waals surface area contributed by atoms with Gasteiger partial charge in [0.1, 0.15) is 11.6 Å². The molecule has 1 amide bonds. The fourth-order valence-corrected chi connectivity index (χ4v) is 2.46. The first-order valence-corrected chi connectivity index (χ1v) is 8.98. The summed E-state index contributed by atoms with van der Waals surface area (Å²) >= 11 is 0. The molecule has 0 aliphatic carbocycles. The molecule has 1 aromatic rings. The highest BCUT2D eigenvalue weighted by atomic mass is 16.3.